The number of halogens is 1. The first kappa shape index (κ1) is 11.3. The zero-order valence-corrected chi connectivity index (χ0v) is 9.89. The molecule has 0 bridgehead atoms. The third kappa shape index (κ3) is 2.31. The number of hydrogen-bond acceptors (Lipinski definition) is 3. The Kier molecular flexibility index (Phi) is 3.07. The number of thiophene rings is 1. The van der Waals surface area contributed by atoms with E-state index < -0.39 is 15.7 Å². The van der Waals surface area contributed by atoms with Gasteiger partial charge in [0.2, 0.25) is 0 Å². The highest BCUT2D eigenvalue weighted by atomic mass is 32.2. The predicted octanol–water partition coefficient (Wildman–Crippen LogP) is 2.86. The molecule has 0 aliphatic heterocycles. The Hall–Kier alpha value is -1.20. The Balaban J connectivity index is 2.37. The van der Waals surface area contributed by atoms with E-state index >= 15 is 0 Å². The van der Waals surface area contributed by atoms with Gasteiger partial charge in [-0.1, -0.05) is 18.2 Å². The third-order valence-electron chi connectivity index (χ3n) is 2.08. The van der Waals surface area contributed by atoms with Crippen LogP contribution in [0.15, 0.2) is 46.7 Å². The quantitative estimate of drug-likeness (QED) is 0.846. The highest BCUT2D eigenvalue weighted by molar-refractivity contribution is 7.90. The number of benzene rings is 1. The molecule has 0 N–H and O–H groups in total. The molecule has 2 nitrogen and oxygen atoms in total. The van der Waals surface area contributed by atoms with E-state index in [1.54, 1.807) is 17.5 Å². The van der Waals surface area contributed by atoms with Crippen molar-refractivity contribution in [2.24, 2.45) is 0 Å². The second kappa shape index (κ2) is 4.35. The fraction of sp³-hybridized carbons (Fsp3) is 0.0909. The van der Waals surface area contributed by atoms with Gasteiger partial charge < -0.3 is 0 Å². The fourth-order valence-corrected chi connectivity index (χ4v) is 3.86. The van der Waals surface area contributed by atoms with Crippen LogP contribution in [0.1, 0.15) is 4.88 Å². The van der Waals surface area contributed by atoms with Crippen LogP contribution in [0, 0.1) is 5.82 Å². The zero-order valence-electron chi connectivity index (χ0n) is 8.26. The molecule has 0 fully saturated rings. The molecule has 1 aromatic carbocycles. The van der Waals surface area contributed by atoms with Gasteiger partial charge in [-0.15, -0.1) is 11.3 Å². The van der Waals surface area contributed by atoms with Crippen LogP contribution in [0.2, 0.25) is 0 Å². The lowest BCUT2D eigenvalue weighted by Crippen LogP contribution is -2.06. The molecular formula is C11H9FO2S2. The van der Waals surface area contributed by atoms with Crippen molar-refractivity contribution in [2.45, 2.75) is 10.6 Å². The van der Waals surface area contributed by atoms with Gasteiger partial charge in [-0.3, -0.25) is 0 Å². The molecule has 2 rings (SSSR count). The van der Waals surface area contributed by atoms with Crippen molar-refractivity contribution < 1.29 is 12.8 Å². The second-order valence-corrected chi connectivity index (χ2v) is 6.26. The third-order valence-corrected chi connectivity index (χ3v) is 4.84. The molecule has 0 spiro atoms. The maximum atomic E-state index is 13.3. The molecule has 0 saturated carbocycles. The lowest BCUT2D eigenvalue weighted by atomic mass is 10.3. The SMILES string of the molecule is O=S(=O)(Cc1cccs1)c1ccccc1F. The Bertz CT molecular complexity index is 574. The van der Waals surface area contributed by atoms with Crippen LogP contribution in [0.3, 0.4) is 0 Å². The Morgan fingerprint density at radius 2 is 1.88 bits per heavy atom. The summed E-state index contributed by atoms with van der Waals surface area (Å²) < 4.78 is 37.1. The van der Waals surface area contributed by atoms with Gasteiger partial charge in [0.15, 0.2) is 9.84 Å². The summed E-state index contributed by atoms with van der Waals surface area (Å²) in [5.41, 5.74) is 0. The minimum Gasteiger partial charge on any atom is -0.223 e. The second-order valence-electron chi connectivity index (χ2n) is 3.27. The smallest absolute Gasteiger partial charge is 0.186 e. The lowest BCUT2D eigenvalue weighted by molar-refractivity contribution is 0.566. The molecule has 2 aromatic rings. The minimum absolute atomic E-state index is 0.147. The van der Waals surface area contributed by atoms with Crippen LogP contribution in [-0.2, 0) is 15.6 Å². The molecule has 0 aliphatic carbocycles. The molecule has 0 radical (unpaired) electrons. The maximum absolute atomic E-state index is 13.3. The largest absolute Gasteiger partial charge is 0.223 e. The van der Waals surface area contributed by atoms with E-state index in [1.165, 1.54) is 29.5 Å². The van der Waals surface area contributed by atoms with E-state index in [4.69, 9.17) is 0 Å². The van der Waals surface area contributed by atoms with Crippen LogP contribution in [-0.4, -0.2) is 8.42 Å². The lowest BCUT2D eigenvalue weighted by Gasteiger charge is -2.03. The van der Waals surface area contributed by atoms with E-state index in [1.807, 2.05) is 0 Å². The van der Waals surface area contributed by atoms with Crippen molar-refractivity contribution in [3.05, 3.63) is 52.5 Å². The average Bonchev–Trinajstić information content (AvgIpc) is 2.70. The molecule has 1 heterocycles. The summed E-state index contributed by atoms with van der Waals surface area (Å²) in [7, 11) is -3.58. The Morgan fingerprint density at radius 3 is 2.50 bits per heavy atom. The summed E-state index contributed by atoms with van der Waals surface area (Å²) in [5, 5.41) is 1.80. The number of hydrogen-bond donors (Lipinski definition) is 0. The number of sulfone groups is 1. The normalized spacial score (nSPS) is 11.6. The summed E-state index contributed by atoms with van der Waals surface area (Å²) in [6, 6.07) is 8.93. The minimum atomic E-state index is -3.58. The molecule has 5 heteroatoms. The van der Waals surface area contributed by atoms with E-state index in [9.17, 15) is 12.8 Å². The summed E-state index contributed by atoms with van der Waals surface area (Å²) in [6.45, 7) is 0. The van der Waals surface area contributed by atoms with Gasteiger partial charge in [0.25, 0.3) is 0 Å². The first-order chi connectivity index (χ1) is 7.59. The standard InChI is InChI=1S/C11H9FO2S2/c12-10-5-1-2-6-11(10)16(13,14)8-9-4-3-7-15-9/h1-7H,8H2. The van der Waals surface area contributed by atoms with Crippen LogP contribution in [0.4, 0.5) is 4.39 Å². The molecule has 16 heavy (non-hydrogen) atoms. The average molecular weight is 256 g/mol. The first-order valence-electron chi connectivity index (χ1n) is 4.59. The zero-order chi connectivity index (χ0) is 11.6. The highest BCUT2D eigenvalue weighted by Crippen LogP contribution is 2.21. The molecule has 0 aliphatic rings. The van der Waals surface area contributed by atoms with Gasteiger partial charge in [0.1, 0.15) is 10.7 Å². The van der Waals surface area contributed by atoms with E-state index in [2.05, 4.69) is 0 Å². The summed E-state index contributed by atoms with van der Waals surface area (Å²) in [5.74, 6) is -0.843. The Labute approximate surface area is 97.3 Å². The number of rotatable bonds is 3. The van der Waals surface area contributed by atoms with Crippen molar-refractivity contribution in [3.8, 4) is 0 Å². The van der Waals surface area contributed by atoms with Gasteiger partial charge in [-0.25, -0.2) is 12.8 Å². The fourth-order valence-electron chi connectivity index (χ4n) is 1.36. The highest BCUT2D eigenvalue weighted by Gasteiger charge is 2.19. The molecule has 0 saturated heterocycles. The van der Waals surface area contributed by atoms with Crippen LogP contribution in [0.5, 0.6) is 0 Å². The van der Waals surface area contributed by atoms with Crippen molar-refractivity contribution in [3.63, 3.8) is 0 Å². The summed E-state index contributed by atoms with van der Waals surface area (Å²) in [4.78, 5) is 0.478. The van der Waals surface area contributed by atoms with Gasteiger partial charge in [0, 0.05) is 4.88 Å². The van der Waals surface area contributed by atoms with Crippen molar-refractivity contribution >= 4 is 21.2 Å². The van der Waals surface area contributed by atoms with Crippen molar-refractivity contribution in [1.29, 1.82) is 0 Å². The molecular weight excluding hydrogens is 247 g/mol. The van der Waals surface area contributed by atoms with Crippen molar-refractivity contribution in [2.75, 3.05) is 0 Å². The molecule has 0 amide bonds. The van der Waals surface area contributed by atoms with E-state index in [-0.39, 0.29) is 10.6 Å². The first-order valence-corrected chi connectivity index (χ1v) is 7.12. The van der Waals surface area contributed by atoms with Crippen LogP contribution < -0.4 is 0 Å². The predicted molar refractivity (Wildman–Crippen MR) is 61.6 cm³/mol. The molecule has 84 valence electrons. The van der Waals surface area contributed by atoms with E-state index in [0.29, 0.717) is 4.88 Å². The van der Waals surface area contributed by atoms with E-state index in [0.717, 1.165) is 6.07 Å². The summed E-state index contributed by atoms with van der Waals surface area (Å²) >= 11 is 1.35. The molecule has 0 unspecified atom stereocenters. The van der Waals surface area contributed by atoms with Gasteiger partial charge in [-0.2, -0.15) is 0 Å². The molecule has 1 aromatic heterocycles. The monoisotopic (exact) mass is 256 g/mol. The van der Waals surface area contributed by atoms with Crippen LogP contribution >= 0.6 is 11.3 Å². The van der Waals surface area contributed by atoms with Crippen molar-refractivity contribution in [1.82, 2.24) is 0 Å². The van der Waals surface area contributed by atoms with Gasteiger partial charge in [-0.05, 0) is 23.6 Å². The Morgan fingerprint density at radius 1 is 1.12 bits per heavy atom. The maximum Gasteiger partial charge on any atom is 0.186 e. The van der Waals surface area contributed by atoms with Gasteiger partial charge in [0.05, 0.1) is 5.75 Å². The topological polar surface area (TPSA) is 34.1 Å². The van der Waals surface area contributed by atoms with Crippen LogP contribution in [0.25, 0.3) is 0 Å². The summed E-state index contributed by atoms with van der Waals surface area (Å²) in [6.07, 6.45) is 0. The molecule has 0 atom stereocenters. The van der Waals surface area contributed by atoms with Gasteiger partial charge >= 0.3 is 0 Å².